The number of ether oxygens (including phenoxy) is 1. The Morgan fingerprint density at radius 1 is 0.407 bits per heavy atom. The number of fused-ring (bicyclic) bond motifs is 3. The second kappa shape index (κ2) is 6.62. The highest BCUT2D eigenvalue weighted by Crippen LogP contribution is 2.45. The van der Waals surface area contributed by atoms with Crippen LogP contribution in [0.4, 0.5) is 0 Å². The van der Waals surface area contributed by atoms with Gasteiger partial charge in [0, 0.05) is 16.7 Å². The molecule has 0 spiro atoms. The van der Waals surface area contributed by atoms with Gasteiger partial charge in [0.05, 0.1) is 0 Å². The molecule has 1 heteroatoms. The van der Waals surface area contributed by atoms with Gasteiger partial charge in [0.25, 0.3) is 0 Å². The molecule has 1 heterocycles. The Kier molecular flexibility index (Phi) is 3.84. The van der Waals surface area contributed by atoms with Crippen LogP contribution in [0.3, 0.4) is 0 Å². The predicted octanol–water partition coefficient (Wildman–Crippen LogP) is 6.66. The van der Waals surface area contributed by atoms with Gasteiger partial charge in [-0.2, -0.15) is 0 Å². The van der Waals surface area contributed by atoms with Crippen molar-refractivity contribution in [1.29, 1.82) is 0 Å². The molecule has 1 aliphatic rings. The van der Waals surface area contributed by atoms with Crippen molar-refractivity contribution in [3.63, 3.8) is 0 Å². The van der Waals surface area contributed by atoms with E-state index in [1.807, 2.05) is 24.3 Å². The summed E-state index contributed by atoms with van der Waals surface area (Å²) in [6.07, 6.45) is 0. The molecule has 0 radical (unpaired) electrons. The molecular weight excluding hydrogens is 328 g/mol. The molecule has 0 atom stereocenters. The highest BCUT2D eigenvalue weighted by Gasteiger charge is 2.24. The van der Waals surface area contributed by atoms with Gasteiger partial charge in [-0.25, -0.2) is 0 Å². The van der Waals surface area contributed by atoms with Crippen LogP contribution in [-0.4, -0.2) is 0 Å². The molecule has 4 aromatic rings. The van der Waals surface area contributed by atoms with Gasteiger partial charge >= 0.3 is 0 Å². The summed E-state index contributed by atoms with van der Waals surface area (Å²) < 4.78 is 6.57. The molecule has 0 saturated heterocycles. The van der Waals surface area contributed by atoms with E-state index in [0.717, 1.165) is 33.8 Å². The van der Waals surface area contributed by atoms with Crippen LogP contribution in [0.2, 0.25) is 0 Å². The maximum Gasteiger partial charge on any atom is 0.143 e. The molecule has 0 fully saturated rings. The maximum atomic E-state index is 6.57. The highest BCUT2D eigenvalue weighted by molar-refractivity contribution is 6.02. The molecule has 1 nitrogen and oxygen atoms in total. The van der Waals surface area contributed by atoms with Crippen LogP contribution >= 0.6 is 0 Å². The number of hydrogen-bond acceptors (Lipinski definition) is 1. The van der Waals surface area contributed by atoms with E-state index in [1.165, 1.54) is 11.1 Å². The van der Waals surface area contributed by atoms with E-state index in [2.05, 4.69) is 84.9 Å². The third-order valence-corrected chi connectivity index (χ3v) is 4.91. The van der Waals surface area contributed by atoms with Gasteiger partial charge in [-0.3, -0.25) is 0 Å². The lowest BCUT2D eigenvalue weighted by atomic mass is 9.89. The molecule has 0 bridgehead atoms. The Morgan fingerprint density at radius 2 is 0.926 bits per heavy atom. The van der Waals surface area contributed by atoms with E-state index in [0.29, 0.717) is 0 Å². The molecule has 27 heavy (non-hydrogen) atoms. The first-order valence-electron chi connectivity index (χ1n) is 9.13. The van der Waals surface area contributed by atoms with Crippen molar-refractivity contribution in [3.05, 3.63) is 126 Å². The van der Waals surface area contributed by atoms with Crippen LogP contribution < -0.4 is 4.74 Å². The molecule has 128 valence electrons. The monoisotopic (exact) mass is 346 g/mol. The van der Waals surface area contributed by atoms with E-state index in [-0.39, 0.29) is 0 Å². The number of hydrogen-bond donors (Lipinski definition) is 0. The first kappa shape index (κ1) is 15.7. The van der Waals surface area contributed by atoms with Crippen LogP contribution in [0.15, 0.2) is 109 Å². The van der Waals surface area contributed by atoms with Crippen molar-refractivity contribution in [3.8, 4) is 16.9 Å². The van der Waals surface area contributed by atoms with Gasteiger partial charge in [-0.15, -0.1) is 0 Å². The van der Waals surface area contributed by atoms with E-state index in [4.69, 9.17) is 4.74 Å². The second-order valence-corrected chi connectivity index (χ2v) is 6.58. The van der Waals surface area contributed by atoms with Gasteiger partial charge in [0.2, 0.25) is 0 Å². The van der Waals surface area contributed by atoms with Crippen LogP contribution in [-0.2, 0) is 0 Å². The Hall–Kier alpha value is -3.58. The fourth-order valence-corrected chi connectivity index (χ4v) is 3.68. The Bertz CT molecular complexity index is 1120. The van der Waals surface area contributed by atoms with Crippen LogP contribution in [0.1, 0.15) is 16.7 Å². The number of rotatable bonds is 2. The fourth-order valence-electron chi connectivity index (χ4n) is 3.68. The van der Waals surface area contributed by atoms with Gasteiger partial charge in [-0.1, -0.05) is 103 Å². The smallest absolute Gasteiger partial charge is 0.143 e. The van der Waals surface area contributed by atoms with Crippen molar-refractivity contribution in [2.24, 2.45) is 0 Å². The first-order valence-corrected chi connectivity index (χ1v) is 9.13. The molecule has 0 aromatic heterocycles. The van der Waals surface area contributed by atoms with E-state index in [9.17, 15) is 0 Å². The normalized spacial score (nSPS) is 12.6. The third kappa shape index (κ3) is 2.74. The predicted molar refractivity (Wildman–Crippen MR) is 111 cm³/mol. The second-order valence-electron chi connectivity index (χ2n) is 6.58. The summed E-state index contributed by atoms with van der Waals surface area (Å²) in [5.74, 6) is 1.77. The number of para-hydroxylation sites is 1. The minimum Gasteiger partial charge on any atom is -0.455 e. The Labute approximate surface area is 159 Å². The summed E-state index contributed by atoms with van der Waals surface area (Å²) in [5, 5.41) is 0. The summed E-state index contributed by atoms with van der Waals surface area (Å²) in [5.41, 5.74) is 6.84. The standard InChI is InChI=1S/C26H18O/c1-3-11-19(12-4-1)25-23-17-8-7-15-21(23)22-16-9-10-18-24(22)27-26(25)20-13-5-2-6-14-20/h1-18H. The summed E-state index contributed by atoms with van der Waals surface area (Å²) >= 11 is 0. The molecule has 0 N–H and O–H groups in total. The zero-order valence-corrected chi connectivity index (χ0v) is 14.8. The average molecular weight is 346 g/mol. The van der Waals surface area contributed by atoms with E-state index in [1.54, 1.807) is 0 Å². The summed E-state index contributed by atoms with van der Waals surface area (Å²) in [7, 11) is 0. The lowest BCUT2D eigenvalue weighted by Crippen LogP contribution is -2.00. The number of benzene rings is 4. The summed E-state index contributed by atoms with van der Waals surface area (Å²) in [6.45, 7) is 0. The molecule has 0 amide bonds. The summed E-state index contributed by atoms with van der Waals surface area (Å²) in [6, 6.07) is 37.7. The Morgan fingerprint density at radius 3 is 1.63 bits per heavy atom. The largest absolute Gasteiger partial charge is 0.455 e. The molecule has 5 rings (SSSR count). The molecular formula is C26H18O. The zero-order chi connectivity index (χ0) is 18.1. The van der Waals surface area contributed by atoms with Gasteiger partial charge < -0.3 is 4.74 Å². The SMILES string of the molecule is c1ccc(C2=C(c3ccccc3)c3ccccc3-c3ccccc3O2)cc1. The van der Waals surface area contributed by atoms with Gasteiger partial charge in [-0.05, 0) is 22.8 Å². The topological polar surface area (TPSA) is 9.23 Å². The Balaban J connectivity index is 1.90. The quantitative estimate of drug-likeness (QED) is 0.394. The molecule has 0 saturated carbocycles. The minimum atomic E-state index is 0.884. The fraction of sp³-hybridized carbons (Fsp3) is 0. The van der Waals surface area contributed by atoms with Crippen LogP contribution in [0, 0.1) is 0 Å². The zero-order valence-electron chi connectivity index (χ0n) is 14.8. The van der Waals surface area contributed by atoms with E-state index >= 15 is 0 Å². The lowest BCUT2D eigenvalue weighted by Gasteiger charge is -2.15. The van der Waals surface area contributed by atoms with Crippen LogP contribution in [0.5, 0.6) is 5.75 Å². The first-order chi connectivity index (χ1) is 13.4. The van der Waals surface area contributed by atoms with Crippen molar-refractivity contribution in [1.82, 2.24) is 0 Å². The van der Waals surface area contributed by atoms with E-state index < -0.39 is 0 Å². The van der Waals surface area contributed by atoms with Gasteiger partial charge in [0.15, 0.2) is 0 Å². The molecule has 1 aliphatic heterocycles. The highest BCUT2D eigenvalue weighted by atomic mass is 16.5. The van der Waals surface area contributed by atoms with Crippen molar-refractivity contribution < 1.29 is 4.74 Å². The lowest BCUT2D eigenvalue weighted by molar-refractivity contribution is 0.520. The maximum absolute atomic E-state index is 6.57. The van der Waals surface area contributed by atoms with Gasteiger partial charge in [0.1, 0.15) is 11.5 Å². The van der Waals surface area contributed by atoms with Crippen molar-refractivity contribution >= 4 is 11.3 Å². The van der Waals surface area contributed by atoms with Crippen LogP contribution in [0.25, 0.3) is 22.5 Å². The molecule has 0 unspecified atom stereocenters. The van der Waals surface area contributed by atoms with Crippen molar-refractivity contribution in [2.75, 3.05) is 0 Å². The summed E-state index contributed by atoms with van der Waals surface area (Å²) in [4.78, 5) is 0. The molecule has 4 aromatic carbocycles. The van der Waals surface area contributed by atoms with Crippen molar-refractivity contribution in [2.45, 2.75) is 0 Å². The third-order valence-electron chi connectivity index (χ3n) is 4.91. The average Bonchev–Trinajstić information content (AvgIpc) is 2.90. The molecule has 0 aliphatic carbocycles. The minimum absolute atomic E-state index is 0.884.